The van der Waals surface area contributed by atoms with Crippen molar-refractivity contribution in [3.05, 3.63) is 0 Å². The van der Waals surface area contributed by atoms with Gasteiger partial charge in [0.2, 0.25) is 5.91 Å². The van der Waals surface area contributed by atoms with Crippen molar-refractivity contribution in [3.8, 4) is 0 Å². The summed E-state index contributed by atoms with van der Waals surface area (Å²) in [6.07, 6.45) is 6.05. The number of aliphatic hydroxyl groups excluding tert-OH is 1. The molecule has 94 valence electrons. The summed E-state index contributed by atoms with van der Waals surface area (Å²) >= 11 is 0. The van der Waals surface area contributed by atoms with Crippen LogP contribution in [0.15, 0.2) is 0 Å². The number of rotatable bonds is 6. The van der Waals surface area contributed by atoms with Gasteiger partial charge in [-0.05, 0) is 25.8 Å². The number of carbonyl (C=O) groups is 1. The van der Waals surface area contributed by atoms with Crippen LogP contribution in [0.2, 0.25) is 0 Å². The maximum atomic E-state index is 11.3. The molecule has 4 nitrogen and oxygen atoms in total. The van der Waals surface area contributed by atoms with E-state index in [1.165, 1.54) is 19.3 Å². The summed E-state index contributed by atoms with van der Waals surface area (Å²) in [5.74, 6) is 0.405. The standard InChI is InChI=1S/C12H24N2O2/c1-13-8-7-12(16)14-9-11(15)10-5-3-2-4-6-10/h10-11,13,15H,2-9H2,1H3,(H,14,16). The summed E-state index contributed by atoms with van der Waals surface area (Å²) in [7, 11) is 1.82. The van der Waals surface area contributed by atoms with Crippen LogP contribution >= 0.6 is 0 Å². The van der Waals surface area contributed by atoms with Gasteiger partial charge in [-0.1, -0.05) is 19.3 Å². The van der Waals surface area contributed by atoms with Crippen LogP contribution in [0, 0.1) is 5.92 Å². The smallest absolute Gasteiger partial charge is 0.221 e. The molecular weight excluding hydrogens is 204 g/mol. The van der Waals surface area contributed by atoms with E-state index >= 15 is 0 Å². The zero-order valence-electron chi connectivity index (χ0n) is 10.2. The third kappa shape index (κ3) is 4.94. The average Bonchev–Trinajstić information content (AvgIpc) is 2.34. The van der Waals surface area contributed by atoms with Gasteiger partial charge >= 0.3 is 0 Å². The van der Waals surface area contributed by atoms with Gasteiger partial charge in [-0.15, -0.1) is 0 Å². The van der Waals surface area contributed by atoms with Crippen molar-refractivity contribution in [2.75, 3.05) is 20.1 Å². The fourth-order valence-corrected chi connectivity index (χ4v) is 2.23. The molecule has 4 heteroatoms. The number of hydrogen-bond acceptors (Lipinski definition) is 3. The molecule has 1 aliphatic carbocycles. The molecule has 0 aromatic heterocycles. The van der Waals surface area contributed by atoms with Gasteiger partial charge in [0.1, 0.15) is 0 Å². The molecule has 0 spiro atoms. The van der Waals surface area contributed by atoms with Gasteiger partial charge in [0.05, 0.1) is 6.10 Å². The van der Waals surface area contributed by atoms with Crippen LogP contribution in [0.5, 0.6) is 0 Å². The van der Waals surface area contributed by atoms with Gasteiger partial charge in [0, 0.05) is 19.5 Å². The SMILES string of the molecule is CNCCC(=O)NCC(O)C1CCCCC1. The van der Waals surface area contributed by atoms with Crippen LogP contribution in [-0.2, 0) is 4.79 Å². The monoisotopic (exact) mass is 228 g/mol. The maximum Gasteiger partial charge on any atom is 0.221 e. The second-order valence-electron chi connectivity index (χ2n) is 4.62. The first kappa shape index (κ1) is 13.5. The summed E-state index contributed by atoms with van der Waals surface area (Å²) in [5, 5.41) is 15.6. The highest BCUT2D eigenvalue weighted by molar-refractivity contribution is 5.76. The lowest BCUT2D eigenvalue weighted by atomic mass is 9.85. The van der Waals surface area contributed by atoms with Crippen molar-refractivity contribution in [1.29, 1.82) is 0 Å². The van der Waals surface area contributed by atoms with E-state index in [9.17, 15) is 9.90 Å². The van der Waals surface area contributed by atoms with Crippen LogP contribution in [-0.4, -0.2) is 37.3 Å². The molecular formula is C12H24N2O2. The van der Waals surface area contributed by atoms with E-state index in [2.05, 4.69) is 10.6 Å². The summed E-state index contributed by atoms with van der Waals surface area (Å²) in [6, 6.07) is 0. The van der Waals surface area contributed by atoms with Gasteiger partial charge in [-0.2, -0.15) is 0 Å². The fourth-order valence-electron chi connectivity index (χ4n) is 2.23. The van der Waals surface area contributed by atoms with E-state index in [1.54, 1.807) is 0 Å². The topological polar surface area (TPSA) is 61.4 Å². The Hall–Kier alpha value is -0.610. The van der Waals surface area contributed by atoms with Crippen LogP contribution in [0.25, 0.3) is 0 Å². The first-order chi connectivity index (χ1) is 7.74. The highest BCUT2D eigenvalue weighted by Gasteiger charge is 2.21. The lowest BCUT2D eigenvalue weighted by Crippen LogP contribution is -2.37. The molecule has 0 aromatic rings. The molecule has 1 rings (SSSR count). The average molecular weight is 228 g/mol. The van der Waals surface area contributed by atoms with Gasteiger partial charge in [-0.25, -0.2) is 0 Å². The van der Waals surface area contributed by atoms with Gasteiger partial charge in [0.15, 0.2) is 0 Å². The molecule has 1 atom stereocenters. The van der Waals surface area contributed by atoms with Crippen LogP contribution < -0.4 is 10.6 Å². The normalized spacial score (nSPS) is 19.4. The van der Waals surface area contributed by atoms with Crippen molar-refractivity contribution >= 4 is 5.91 Å². The molecule has 0 heterocycles. The predicted molar refractivity (Wildman–Crippen MR) is 64.1 cm³/mol. The summed E-state index contributed by atoms with van der Waals surface area (Å²) in [4.78, 5) is 11.3. The Bertz CT molecular complexity index is 203. The predicted octanol–water partition coefficient (Wildman–Crippen LogP) is 0.653. The second kappa shape index (κ2) is 7.63. The molecule has 0 bridgehead atoms. The quantitative estimate of drug-likeness (QED) is 0.625. The van der Waals surface area contributed by atoms with Gasteiger partial charge < -0.3 is 15.7 Å². The van der Waals surface area contributed by atoms with E-state index < -0.39 is 0 Å². The van der Waals surface area contributed by atoms with Gasteiger partial charge in [-0.3, -0.25) is 4.79 Å². The maximum absolute atomic E-state index is 11.3. The highest BCUT2D eigenvalue weighted by Crippen LogP contribution is 2.26. The van der Waals surface area contributed by atoms with E-state index in [1.807, 2.05) is 7.05 Å². The number of carbonyl (C=O) groups excluding carboxylic acids is 1. The lowest BCUT2D eigenvalue weighted by Gasteiger charge is -2.26. The van der Waals surface area contributed by atoms with E-state index in [0.29, 0.717) is 25.4 Å². The summed E-state index contributed by atoms with van der Waals surface area (Å²) < 4.78 is 0. The summed E-state index contributed by atoms with van der Waals surface area (Å²) in [5.41, 5.74) is 0. The van der Waals surface area contributed by atoms with Crippen molar-refractivity contribution in [2.24, 2.45) is 5.92 Å². The van der Waals surface area contributed by atoms with E-state index in [-0.39, 0.29) is 12.0 Å². The Kier molecular flexibility index (Phi) is 6.42. The number of aliphatic hydroxyl groups is 1. The van der Waals surface area contributed by atoms with E-state index in [4.69, 9.17) is 0 Å². The van der Waals surface area contributed by atoms with Crippen molar-refractivity contribution in [2.45, 2.75) is 44.6 Å². The Labute approximate surface area is 97.8 Å². The summed E-state index contributed by atoms with van der Waals surface area (Å²) in [6.45, 7) is 1.10. The molecule has 1 amide bonds. The largest absolute Gasteiger partial charge is 0.391 e. The van der Waals surface area contributed by atoms with Crippen molar-refractivity contribution in [1.82, 2.24) is 10.6 Å². The second-order valence-corrected chi connectivity index (χ2v) is 4.62. The van der Waals surface area contributed by atoms with E-state index in [0.717, 1.165) is 12.8 Å². The lowest BCUT2D eigenvalue weighted by molar-refractivity contribution is -0.121. The fraction of sp³-hybridized carbons (Fsp3) is 0.917. The zero-order chi connectivity index (χ0) is 11.8. The molecule has 1 unspecified atom stereocenters. The van der Waals surface area contributed by atoms with Crippen LogP contribution in [0.1, 0.15) is 38.5 Å². The minimum absolute atomic E-state index is 0.0178. The van der Waals surface area contributed by atoms with Crippen LogP contribution in [0.4, 0.5) is 0 Å². The zero-order valence-corrected chi connectivity index (χ0v) is 10.2. The third-order valence-corrected chi connectivity index (χ3v) is 3.30. The molecule has 1 fully saturated rings. The third-order valence-electron chi connectivity index (χ3n) is 3.30. The molecule has 0 aliphatic heterocycles. The van der Waals surface area contributed by atoms with Gasteiger partial charge in [0.25, 0.3) is 0 Å². The van der Waals surface area contributed by atoms with Crippen molar-refractivity contribution < 1.29 is 9.90 Å². The first-order valence-electron chi connectivity index (χ1n) is 6.33. The number of nitrogens with one attached hydrogen (secondary N) is 2. The number of amides is 1. The molecule has 1 aliphatic rings. The molecule has 3 N–H and O–H groups in total. The molecule has 16 heavy (non-hydrogen) atoms. The minimum Gasteiger partial charge on any atom is -0.391 e. The minimum atomic E-state index is -0.362. The number of hydrogen-bond donors (Lipinski definition) is 3. The highest BCUT2D eigenvalue weighted by atomic mass is 16.3. The van der Waals surface area contributed by atoms with Crippen molar-refractivity contribution in [3.63, 3.8) is 0 Å². The molecule has 1 saturated carbocycles. The molecule has 0 aromatic carbocycles. The Morgan fingerprint density at radius 2 is 2.06 bits per heavy atom. The molecule has 0 saturated heterocycles. The Balaban J connectivity index is 2.13. The first-order valence-corrected chi connectivity index (χ1v) is 6.33. The molecule has 0 radical (unpaired) electrons. The Morgan fingerprint density at radius 1 is 1.38 bits per heavy atom. The Morgan fingerprint density at radius 3 is 2.69 bits per heavy atom. The van der Waals surface area contributed by atoms with Crippen LogP contribution in [0.3, 0.4) is 0 Å².